The summed E-state index contributed by atoms with van der Waals surface area (Å²) >= 11 is 7.57. The lowest BCUT2D eigenvalue weighted by atomic mass is 10.2. The number of fused-ring (bicyclic) bond motifs is 2. The lowest BCUT2D eigenvalue weighted by Crippen LogP contribution is -2.19. The van der Waals surface area contributed by atoms with Crippen LogP contribution in [0.15, 0.2) is 33.5 Å². The van der Waals surface area contributed by atoms with Crippen LogP contribution in [0.2, 0.25) is 5.02 Å². The van der Waals surface area contributed by atoms with Crippen molar-refractivity contribution in [1.82, 2.24) is 9.66 Å². The van der Waals surface area contributed by atoms with Crippen LogP contribution < -0.4 is 15.0 Å². The topological polar surface area (TPSA) is 65.7 Å². The molecule has 0 atom stereocenters. The SMILES string of the molecule is Cc1nc2sccc2c(=O)n1N=Cc1cc(Cl)c2c(c1)OCO2. The maximum atomic E-state index is 12.4. The summed E-state index contributed by atoms with van der Waals surface area (Å²) < 4.78 is 11.9. The molecule has 3 heterocycles. The highest BCUT2D eigenvalue weighted by atomic mass is 35.5. The Morgan fingerprint density at radius 2 is 2.30 bits per heavy atom. The van der Waals surface area contributed by atoms with Gasteiger partial charge in [0.1, 0.15) is 10.7 Å². The van der Waals surface area contributed by atoms with Crippen molar-refractivity contribution in [3.05, 3.63) is 50.3 Å². The molecule has 4 rings (SSSR count). The van der Waals surface area contributed by atoms with Crippen LogP contribution in [0, 0.1) is 6.92 Å². The van der Waals surface area contributed by atoms with Gasteiger partial charge in [-0.2, -0.15) is 9.78 Å². The highest BCUT2D eigenvalue weighted by Gasteiger charge is 2.17. The number of hydrogen-bond donors (Lipinski definition) is 0. The van der Waals surface area contributed by atoms with Crippen LogP contribution in [0.3, 0.4) is 0 Å². The number of aryl methyl sites for hydroxylation is 1. The molecule has 0 unspecified atom stereocenters. The monoisotopic (exact) mass is 347 g/mol. The summed E-state index contributed by atoms with van der Waals surface area (Å²) in [6.07, 6.45) is 1.54. The Hall–Kier alpha value is -2.38. The van der Waals surface area contributed by atoms with E-state index in [-0.39, 0.29) is 12.4 Å². The van der Waals surface area contributed by atoms with Crippen LogP contribution in [0.4, 0.5) is 0 Å². The van der Waals surface area contributed by atoms with E-state index in [0.29, 0.717) is 38.1 Å². The minimum absolute atomic E-state index is 0.146. The van der Waals surface area contributed by atoms with Crippen molar-refractivity contribution in [2.45, 2.75) is 6.92 Å². The van der Waals surface area contributed by atoms with E-state index in [1.165, 1.54) is 16.0 Å². The van der Waals surface area contributed by atoms with Gasteiger partial charge in [0.25, 0.3) is 5.56 Å². The Morgan fingerprint density at radius 3 is 3.17 bits per heavy atom. The molecule has 0 radical (unpaired) electrons. The first-order valence-electron chi connectivity index (χ1n) is 6.74. The van der Waals surface area contributed by atoms with Gasteiger partial charge in [0.05, 0.1) is 16.6 Å². The molecule has 8 heteroatoms. The van der Waals surface area contributed by atoms with E-state index in [1.807, 2.05) is 5.38 Å². The predicted octanol–water partition coefficient (Wildman–Crippen LogP) is 3.03. The molecule has 0 saturated heterocycles. The van der Waals surface area contributed by atoms with Crippen molar-refractivity contribution < 1.29 is 9.47 Å². The van der Waals surface area contributed by atoms with Gasteiger partial charge in [-0.3, -0.25) is 4.79 Å². The summed E-state index contributed by atoms with van der Waals surface area (Å²) in [5.41, 5.74) is 0.507. The molecule has 0 saturated carbocycles. The third-order valence-corrected chi connectivity index (χ3v) is 4.50. The van der Waals surface area contributed by atoms with Crippen molar-refractivity contribution >= 4 is 39.4 Å². The molecule has 116 valence electrons. The predicted molar refractivity (Wildman–Crippen MR) is 89.2 cm³/mol. The summed E-state index contributed by atoms with van der Waals surface area (Å²) in [4.78, 5) is 17.5. The van der Waals surface area contributed by atoms with Crippen LogP contribution in [0.25, 0.3) is 10.2 Å². The van der Waals surface area contributed by atoms with Crippen molar-refractivity contribution in [2.75, 3.05) is 6.79 Å². The van der Waals surface area contributed by atoms with E-state index in [4.69, 9.17) is 21.1 Å². The number of rotatable bonds is 2. The standard InChI is InChI=1S/C15H10ClN3O3S/c1-8-18-14-10(2-3-23-14)15(20)19(8)17-6-9-4-11(16)13-12(5-9)21-7-22-13/h2-6H,7H2,1H3. The average molecular weight is 348 g/mol. The molecule has 6 nitrogen and oxygen atoms in total. The number of aromatic nitrogens is 2. The second-order valence-electron chi connectivity index (χ2n) is 4.90. The minimum Gasteiger partial charge on any atom is -0.454 e. The fourth-order valence-electron chi connectivity index (χ4n) is 2.33. The first kappa shape index (κ1) is 14.2. The molecule has 0 bridgehead atoms. The lowest BCUT2D eigenvalue weighted by Gasteiger charge is -2.04. The molecule has 0 aliphatic carbocycles. The number of hydrogen-bond acceptors (Lipinski definition) is 6. The van der Waals surface area contributed by atoms with E-state index < -0.39 is 0 Å². The van der Waals surface area contributed by atoms with Crippen molar-refractivity contribution in [2.24, 2.45) is 5.10 Å². The van der Waals surface area contributed by atoms with Crippen LogP contribution in [0.1, 0.15) is 11.4 Å². The molecule has 1 aliphatic rings. The van der Waals surface area contributed by atoms with Crippen LogP contribution in [-0.4, -0.2) is 22.7 Å². The van der Waals surface area contributed by atoms with Gasteiger partial charge in [0, 0.05) is 0 Å². The molecule has 0 spiro atoms. The fourth-order valence-corrected chi connectivity index (χ4v) is 3.40. The van der Waals surface area contributed by atoms with Gasteiger partial charge < -0.3 is 9.47 Å². The van der Waals surface area contributed by atoms with Gasteiger partial charge in [-0.25, -0.2) is 4.98 Å². The second kappa shape index (κ2) is 5.36. The van der Waals surface area contributed by atoms with E-state index in [0.717, 1.165) is 0 Å². The smallest absolute Gasteiger partial charge is 0.282 e. The molecule has 23 heavy (non-hydrogen) atoms. The van der Waals surface area contributed by atoms with Crippen molar-refractivity contribution in [1.29, 1.82) is 0 Å². The Labute approximate surface area is 139 Å². The summed E-state index contributed by atoms with van der Waals surface area (Å²) in [7, 11) is 0. The zero-order valence-corrected chi connectivity index (χ0v) is 13.5. The van der Waals surface area contributed by atoms with Gasteiger partial charge in [-0.15, -0.1) is 11.3 Å². The zero-order valence-electron chi connectivity index (χ0n) is 11.9. The second-order valence-corrected chi connectivity index (χ2v) is 6.20. The number of nitrogens with zero attached hydrogens (tertiary/aromatic N) is 3. The van der Waals surface area contributed by atoms with Crippen LogP contribution >= 0.6 is 22.9 Å². The quantitative estimate of drug-likeness (QED) is 0.668. The van der Waals surface area contributed by atoms with Gasteiger partial charge in [-0.1, -0.05) is 11.6 Å². The summed E-state index contributed by atoms with van der Waals surface area (Å²) in [6, 6.07) is 5.21. The zero-order chi connectivity index (χ0) is 16.0. The normalized spacial score (nSPS) is 13.3. The molecule has 1 aromatic carbocycles. The summed E-state index contributed by atoms with van der Waals surface area (Å²) in [5, 5.41) is 7.07. The Morgan fingerprint density at radius 1 is 1.43 bits per heavy atom. The molecule has 3 aromatic rings. The molecule has 0 fully saturated rings. The minimum atomic E-state index is -0.197. The average Bonchev–Trinajstić information content (AvgIpc) is 3.15. The number of ether oxygens (including phenoxy) is 2. The van der Waals surface area contributed by atoms with E-state index in [2.05, 4.69) is 10.1 Å². The summed E-state index contributed by atoms with van der Waals surface area (Å²) in [5.74, 6) is 1.61. The van der Waals surface area contributed by atoms with Gasteiger partial charge >= 0.3 is 0 Å². The third kappa shape index (κ3) is 2.38. The molecule has 2 aromatic heterocycles. The summed E-state index contributed by atoms with van der Waals surface area (Å²) in [6.45, 7) is 1.89. The largest absolute Gasteiger partial charge is 0.454 e. The number of benzene rings is 1. The molecular formula is C15H10ClN3O3S. The van der Waals surface area contributed by atoms with Crippen LogP contribution in [0.5, 0.6) is 11.5 Å². The van der Waals surface area contributed by atoms with Crippen molar-refractivity contribution in [3.8, 4) is 11.5 Å². The Balaban J connectivity index is 1.78. The lowest BCUT2D eigenvalue weighted by molar-refractivity contribution is 0.174. The Bertz CT molecular complexity index is 1010. The first-order valence-corrected chi connectivity index (χ1v) is 7.99. The third-order valence-electron chi connectivity index (χ3n) is 3.41. The van der Waals surface area contributed by atoms with E-state index >= 15 is 0 Å². The van der Waals surface area contributed by atoms with E-state index in [9.17, 15) is 4.79 Å². The molecule has 0 amide bonds. The highest BCUT2D eigenvalue weighted by Crippen LogP contribution is 2.39. The maximum Gasteiger partial charge on any atom is 0.282 e. The highest BCUT2D eigenvalue weighted by molar-refractivity contribution is 7.16. The molecule has 1 aliphatic heterocycles. The van der Waals surface area contributed by atoms with Crippen LogP contribution in [-0.2, 0) is 0 Å². The first-order chi connectivity index (χ1) is 11.1. The Kier molecular flexibility index (Phi) is 3.32. The van der Waals surface area contributed by atoms with E-state index in [1.54, 1.807) is 31.3 Å². The van der Waals surface area contributed by atoms with Gasteiger partial charge in [0.2, 0.25) is 6.79 Å². The molecule has 0 N–H and O–H groups in total. The number of halogens is 1. The van der Waals surface area contributed by atoms with Crippen molar-refractivity contribution in [3.63, 3.8) is 0 Å². The maximum absolute atomic E-state index is 12.4. The number of thiophene rings is 1. The fraction of sp³-hybridized carbons (Fsp3) is 0.133. The van der Waals surface area contributed by atoms with Gasteiger partial charge in [0.15, 0.2) is 11.5 Å². The molecular weight excluding hydrogens is 338 g/mol. The van der Waals surface area contributed by atoms with Gasteiger partial charge in [-0.05, 0) is 36.1 Å².